The third-order valence-corrected chi connectivity index (χ3v) is 4.15. The van der Waals surface area contributed by atoms with Gasteiger partial charge in [0.1, 0.15) is 12.7 Å². The van der Waals surface area contributed by atoms with Gasteiger partial charge in [0.2, 0.25) is 0 Å². The van der Waals surface area contributed by atoms with Crippen molar-refractivity contribution < 1.29 is 0 Å². The van der Waals surface area contributed by atoms with E-state index >= 15 is 0 Å². The molecule has 1 fully saturated rings. The van der Waals surface area contributed by atoms with E-state index < -0.39 is 0 Å². The Morgan fingerprint density at radius 1 is 1.26 bits per heavy atom. The molecule has 1 aromatic carbocycles. The fourth-order valence-corrected chi connectivity index (χ4v) is 2.61. The number of piperidine rings is 1. The van der Waals surface area contributed by atoms with Gasteiger partial charge in [0.05, 0.1) is 12.2 Å². The van der Waals surface area contributed by atoms with Crippen LogP contribution >= 0.6 is 24.0 Å². The van der Waals surface area contributed by atoms with Crippen molar-refractivity contribution >= 4 is 29.9 Å². The lowest BCUT2D eigenvalue weighted by atomic mass is 10.00. The van der Waals surface area contributed by atoms with Gasteiger partial charge >= 0.3 is 0 Å². The predicted octanol–water partition coefficient (Wildman–Crippen LogP) is 2.43. The summed E-state index contributed by atoms with van der Waals surface area (Å²) in [5, 5.41) is 4.11. The lowest BCUT2D eigenvalue weighted by molar-refractivity contribution is 0.277. The molecule has 3 rings (SSSR count). The molecule has 0 aliphatic carbocycles. The van der Waals surface area contributed by atoms with Crippen molar-refractivity contribution in [1.29, 1.82) is 0 Å². The van der Waals surface area contributed by atoms with Gasteiger partial charge in [-0.15, -0.1) is 24.0 Å². The average molecular weight is 426 g/mol. The number of likely N-dealkylation sites (tertiary alicyclic amines) is 1. The zero-order valence-electron chi connectivity index (χ0n) is 13.3. The Balaban J connectivity index is 0.00000192. The smallest absolute Gasteiger partial charge is 0.191 e. The number of nitrogens with two attached hydrogens (primary N) is 1. The zero-order valence-corrected chi connectivity index (χ0v) is 15.6. The zero-order chi connectivity index (χ0) is 15.4. The SMILES string of the molecule is CC1CCN(C(N)=NCc2ccc(-n3cncn3)cc2)CC1.I. The Kier molecular flexibility index (Phi) is 6.37. The summed E-state index contributed by atoms with van der Waals surface area (Å²) in [5.41, 5.74) is 8.23. The van der Waals surface area contributed by atoms with Gasteiger partial charge in [-0.05, 0) is 36.5 Å². The van der Waals surface area contributed by atoms with E-state index in [1.54, 1.807) is 11.0 Å². The number of rotatable bonds is 3. The topological polar surface area (TPSA) is 72.3 Å². The van der Waals surface area contributed by atoms with Gasteiger partial charge in [-0.25, -0.2) is 14.7 Å². The van der Waals surface area contributed by atoms with Gasteiger partial charge in [0.25, 0.3) is 0 Å². The largest absolute Gasteiger partial charge is 0.370 e. The number of nitrogens with zero attached hydrogens (tertiary/aromatic N) is 5. The molecule has 1 aliphatic heterocycles. The summed E-state index contributed by atoms with van der Waals surface area (Å²) in [6.45, 7) is 4.93. The van der Waals surface area contributed by atoms with Crippen LogP contribution in [0.15, 0.2) is 41.9 Å². The van der Waals surface area contributed by atoms with E-state index in [-0.39, 0.29) is 24.0 Å². The van der Waals surface area contributed by atoms with Crippen molar-refractivity contribution in [2.75, 3.05) is 13.1 Å². The molecule has 1 aromatic heterocycles. The third-order valence-electron chi connectivity index (χ3n) is 4.15. The second kappa shape index (κ2) is 8.28. The van der Waals surface area contributed by atoms with E-state index in [2.05, 4.69) is 26.9 Å². The Morgan fingerprint density at radius 2 is 1.96 bits per heavy atom. The maximum Gasteiger partial charge on any atom is 0.191 e. The van der Waals surface area contributed by atoms with Gasteiger partial charge in [0, 0.05) is 13.1 Å². The van der Waals surface area contributed by atoms with Crippen LogP contribution < -0.4 is 5.73 Å². The van der Waals surface area contributed by atoms with E-state index in [0.29, 0.717) is 12.5 Å². The summed E-state index contributed by atoms with van der Waals surface area (Å²) < 4.78 is 1.73. The molecular formula is C16H23IN6. The normalized spacial score (nSPS) is 16.2. The number of guanidine groups is 1. The molecule has 23 heavy (non-hydrogen) atoms. The molecule has 0 unspecified atom stereocenters. The predicted molar refractivity (Wildman–Crippen MR) is 102 cm³/mol. The first-order valence-electron chi connectivity index (χ1n) is 7.71. The first-order valence-corrected chi connectivity index (χ1v) is 7.71. The van der Waals surface area contributed by atoms with Gasteiger partial charge in [-0.1, -0.05) is 19.1 Å². The van der Waals surface area contributed by atoms with Crippen molar-refractivity contribution in [3.8, 4) is 5.69 Å². The lowest BCUT2D eigenvalue weighted by Gasteiger charge is -2.31. The van der Waals surface area contributed by atoms with Gasteiger partial charge < -0.3 is 10.6 Å². The summed E-state index contributed by atoms with van der Waals surface area (Å²) in [4.78, 5) is 10.7. The van der Waals surface area contributed by atoms with Crippen LogP contribution in [0, 0.1) is 5.92 Å². The number of aliphatic imine (C=N–C) groups is 1. The fraction of sp³-hybridized carbons (Fsp3) is 0.438. The fourth-order valence-electron chi connectivity index (χ4n) is 2.61. The van der Waals surface area contributed by atoms with Crippen molar-refractivity contribution in [3.63, 3.8) is 0 Å². The Bertz CT molecular complexity index is 615. The Morgan fingerprint density at radius 3 is 2.57 bits per heavy atom. The highest BCUT2D eigenvalue weighted by Gasteiger charge is 2.16. The molecule has 2 N–H and O–H groups in total. The van der Waals surface area contributed by atoms with Gasteiger partial charge in [-0.2, -0.15) is 5.10 Å². The number of hydrogen-bond acceptors (Lipinski definition) is 3. The molecule has 6 nitrogen and oxygen atoms in total. The van der Waals surface area contributed by atoms with Crippen molar-refractivity contribution in [1.82, 2.24) is 19.7 Å². The third kappa shape index (κ3) is 4.66. The van der Waals surface area contributed by atoms with Crippen molar-refractivity contribution in [2.24, 2.45) is 16.6 Å². The highest BCUT2D eigenvalue weighted by molar-refractivity contribution is 14.0. The molecule has 0 saturated carbocycles. The maximum absolute atomic E-state index is 6.10. The van der Waals surface area contributed by atoms with Crippen LogP contribution in [-0.2, 0) is 6.54 Å². The second-order valence-corrected chi connectivity index (χ2v) is 5.85. The van der Waals surface area contributed by atoms with Crippen molar-refractivity contribution in [3.05, 3.63) is 42.5 Å². The highest BCUT2D eigenvalue weighted by atomic mass is 127. The number of hydrogen-bond donors (Lipinski definition) is 1. The molecule has 1 saturated heterocycles. The molecule has 124 valence electrons. The first kappa shape index (κ1) is 17.7. The summed E-state index contributed by atoms with van der Waals surface area (Å²) in [7, 11) is 0. The van der Waals surface area contributed by atoms with Gasteiger partial charge in [0.15, 0.2) is 5.96 Å². The van der Waals surface area contributed by atoms with Crippen LogP contribution in [0.25, 0.3) is 5.69 Å². The second-order valence-electron chi connectivity index (χ2n) is 5.85. The number of aromatic nitrogens is 3. The lowest BCUT2D eigenvalue weighted by Crippen LogP contribution is -2.42. The highest BCUT2D eigenvalue weighted by Crippen LogP contribution is 2.16. The van der Waals surface area contributed by atoms with E-state index in [0.717, 1.165) is 30.3 Å². The first-order chi connectivity index (χ1) is 10.7. The van der Waals surface area contributed by atoms with E-state index in [1.807, 2.05) is 24.3 Å². The van der Waals surface area contributed by atoms with Crippen LogP contribution in [0.1, 0.15) is 25.3 Å². The number of halogens is 1. The molecule has 7 heteroatoms. The summed E-state index contributed by atoms with van der Waals surface area (Å²) in [5.74, 6) is 1.46. The van der Waals surface area contributed by atoms with Crippen LogP contribution in [0.2, 0.25) is 0 Å². The number of benzene rings is 1. The van der Waals surface area contributed by atoms with Crippen LogP contribution in [0.4, 0.5) is 0 Å². The molecule has 1 aliphatic rings. The van der Waals surface area contributed by atoms with E-state index in [9.17, 15) is 0 Å². The maximum atomic E-state index is 6.10. The van der Waals surface area contributed by atoms with Crippen molar-refractivity contribution in [2.45, 2.75) is 26.3 Å². The quantitative estimate of drug-likeness (QED) is 0.465. The molecule has 0 atom stereocenters. The van der Waals surface area contributed by atoms with Crippen LogP contribution in [0.5, 0.6) is 0 Å². The molecule has 0 radical (unpaired) electrons. The minimum atomic E-state index is 0. The molecule has 0 spiro atoms. The minimum absolute atomic E-state index is 0. The minimum Gasteiger partial charge on any atom is -0.370 e. The van der Waals surface area contributed by atoms with E-state index in [4.69, 9.17) is 5.73 Å². The average Bonchev–Trinajstić information content (AvgIpc) is 3.08. The van der Waals surface area contributed by atoms with Crippen LogP contribution in [0.3, 0.4) is 0 Å². The standard InChI is InChI=1S/C16H22N6.HI/c1-13-6-8-21(9-7-13)16(17)19-10-14-2-4-15(5-3-14)22-12-18-11-20-22;/h2-5,11-13H,6-10H2,1H3,(H2,17,19);1H. The Labute approximate surface area is 153 Å². The van der Waals surface area contributed by atoms with Crippen LogP contribution in [-0.4, -0.2) is 38.7 Å². The van der Waals surface area contributed by atoms with E-state index in [1.165, 1.54) is 19.2 Å². The molecular weight excluding hydrogens is 403 g/mol. The van der Waals surface area contributed by atoms with Gasteiger partial charge in [-0.3, -0.25) is 0 Å². The summed E-state index contributed by atoms with van der Waals surface area (Å²) in [6.07, 6.45) is 5.60. The molecule has 0 amide bonds. The monoisotopic (exact) mass is 426 g/mol. The molecule has 2 heterocycles. The molecule has 0 bridgehead atoms. The summed E-state index contributed by atoms with van der Waals surface area (Å²) in [6, 6.07) is 8.12. The summed E-state index contributed by atoms with van der Waals surface area (Å²) >= 11 is 0. The Hall–Kier alpha value is -1.64. The molecule has 2 aromatic rings.